The average Bonchev–Trinajstić information content (AvgIpc) is 2.73. The molecule has 2 rings (SSSR count). The summed E-state index contributed by atoms with van der Waals surface area (Å²) in [5.74, 6) is -0.594. The third kappa shape index (κ3) is 5.05. The summed E-state index contributed by atoms with van der Waals surface area (Å²) >= 11 is 3.24. The first kappa shape index (κ1) is 19.9. The van der Waals surface area contributed by atoms with Crippen molar-refractivity contribution in [2.45, 2.75) is 13.1 Å². The predicted octanol–water partition coefficient (Wildman–Crippen LogP) is 5.16. The maximum absolute atomic E-state index is 12.7. The van der Waals surface area contributed by atoms with Crippen molar-refractivity contribution in [3.8, 4) is 0 Å². The van der Waals surface area contributed by atoms with E-state index < -0.39 is 23.0 Å². The zero-order valence-corrected chi connectivity index (χ0v) is 15.3. The van der Waals surface area contributed by atoms with Crippen LogP contribution in [0.4, 0.5) is 18.9 Å². The van der Waals surface area contributed by atoms with Crippen LogP contribution in [0.15, 0.2) is 57.8 Å². The fraction of sp³-hybridized carbons (Fsp3) is 0.158. The molecule has 0 aliphatic heterocycles. The zero-order chi connectivity index (χ0) is 19.3. The van der Waals surface area contributed by atoms with Crippen molar-refractivity contribution >= 4 is 33.5 Å². The van der Waals surface area contributed by atoms with Crippen LogP contribution in [0, 0.1) is 0 Å². The Kier molecular flexibility index (Phi) is 6.37. The first-order valence-corrected chi connectivity index (χ1v) is 8.49. The Morgan fingerprint density at radius 3 is 2.58 bits per heavy atom. The lowest BCUT2D eigenvalue weighted by Gasteiger charge is -2.06. The largest absolute Gasteiger partial charge is 0.416 e. The normalized spacial score (nSPS) is 11.6. The molecule has 0 bridgehead atoms. The van der Waals surface area contributed by atoms with Gasteiger partial charge < -0.3 is 5.32 Å². The van der Waals surface area contributed by atoms with Crippen molar-refractivity contribution in [3.63, 3.8) is 0 Å². The van der Waals surface area contributed by atoms with Crippen LogP contribution in [0.1, 0.15) is 28.4 Å². The maximum Gasteiger partial charge on any atom is 0.416 e. The Morgan fingerprint density at radius 2 is 1.92 bits per heavy atom. The summed E-state index contributed by atoms with van der Waals surface area (Å²) in [4.78, 5) is 24.9. The van der Waals surface area contributed by atoms with Crippen molar-refractivity contribution in [2.75, 3.05) is 11.9 Å². The van der Waals surface area contributed by atoms with E-state index >= 15 is 0 Å². The molecule has 7 heteroatoms. The van der Waals surface area contributed by atoms with Crippen molar-refractivity contribution in [1.82, 2.24) is 0 Å². The van der Waals surface area contributed by atoms with E-state index in [1.807, 2.05) is 6.92 Å². The smallest absolute Gasteiger partial charge is 0.382 e. The number of hydrogen-bond acceptors (Lipinski definition) is 3. The number of nitrogens with one attached hydrogen (secondary N) is 1. The van der Waals surface area contributed by atoms with Crippen molar-refractivity contribution in [3.05, 3.63) is 79.9 Å². The molecule has 0 saturated heterocycles. The van der Waals surface area contributed by atoms with E-state index in [2.05, 4.69) is 21.2 Å². The van der Waals surface area contributed by atoms with Crippen LogP contribution < -0.4 is 10.7 Å². The predicted molar refractivity (Wildman–Crippen MR) is 99.4 cm³/mol. The lowest BCUT2D eigenvalue weighted by Crippen LogP contribution is -2.15. The summed E-state index contributed by atoms with van der Waals surface area (Å²) in [6.45, 7) is 2.32. The number of rotatable bonds is 5. The number of allylic oxidation sites excluding steroid dienone is 1. The third-order valence-electron chi connectivity index (χ3n) is 3.45. The molecule has 1 N–H and O–H groups in total. The standard InChI is InChI=1S/C19H15BrF3NO2/c1-2-24-16-8-7-14(20)11-15(18(16)26)17(25)9-6-12-4-3-5-13(10-12)19(21,22)23/h3-11H,2H2,1H3,(H,24,26). The summed E-state index contributed by atoms with van der Waals surface area (Å²) in [6.07, 6.45) is -2.12. The van der Waals surface area contributed by atoms with E-state index in [4.69, 9.17) is 0 Å². The minimum Gasteiger partial charge on any atom is -0.382 e. The fourth-order valence-electron chi connectivity index (χ4n) is 2.23. The number of anilines is 1. The van der Waals surface area contributed by atoms with Crippen LogP contribution >= 0.6 is 15.9 Å². The van der Waals surface area contributed by atoms with E-state index in [-0.39, 0.29) is 16.8 Å². The number of halogens is 4. The monoisotopic (exact) mass is 425 g/mol. The van der Waals surface area contributed by atoms with Gasteiger partial charge in [0.05, 0.1) is 16.8 Å². The number of carbonyl (C=O) groups excluding carboxylic acids is 1. The van der Waals surface area contributed by atoms with Gasteiger partial charge in [0.25, 0.3) is 0 Å². The number of ketones is 1. The molecule has 0 fully saturated rings. The van der Waals surface area contributed by atoms with Gasteiger partial charge in [-0.15, -0.1) is 0 Å². The highest BCUT2D eigenvalue weighted by Gasteiger charge is 2.30. The van der Waals surface area contributed by atoms with Gasteiger partial charge in [-0.3, -0.25) is 9.59 Å². The van der Waals surface area contributed by atoms with Crippen LogP contribution in [0.2, 0.25) is 0 Å². The first-order chi connectivity index (χ1) is 12.2. The molecule has 0 spiro atoms. The molecule has 26 heavy (non-hydrogen) atoms. The van der Waals surface area contributed by atoms with E-state index in [1.165, 1.54) is 24.3 Å². The Balaban J connectivity index is 2.38. The number of alkyl halides is 3. The highest BCUT2D eigenvalue weighted by atomic mass is 79.9. The molecule has 3 nitrogen and oxygen atoms in total. The van der Waals surface area contributed by atoms with E-state index in [1.54, 1.807) is 12.1 Å². The maximum atomic E-state index is 12.7. The van der Waals surface area contributed by atoms with Gasteiger partial charge >= 0.3 is 6.18 Å². The quantitative estimate of drug-likeness (QED) is 0.531. The molecular formula is C19H15BrF3NO2. The van der Waals surface area contributed by atoms with Crippen molar-refractivity contribution in [1.29, 1.82) is 0 Å². The summed E-state index contributed by atoms with van der Waals surface area (Å²) in [5, 5.41) is 2.88. The minimum absolute atomic E-state index is 0.0824. The Labute approximate surface area is 156 Å². The third-order valence-corrected chi connectivity index (χ3v) is 3.95. The van der Waals surface area contributed by atoms with Gasteiger partial charge in [0, 0.05) is 11.0 Å². The van der Waals surface area contributed by atoms with Gasteiger partial charge in [0.1, 0.15) is 0 Å². The molecule has 0 saturated carbocycles. The summed E-state index contributed by atoms with van der Waals surface area (Å²) in [5.41, 5.74) is -0.877. The molecule has 0 heterocycles. The summed E-state index contributed by atoms with van der Waals surface area (Å²) < 4.78 is 38.8. The van der Waals surface area contributed by atoms with Gasteiger partial charge in [0.2, 0.25) is 5.43 Å². The van der Waals surface area contributed by atoms with Crippen LogP contribution in [0.3, 0.4) is 0 Å². The highest BCUT2D eigenvalue weighted by molar-refractivity contribution is 9.10. The lowest BCUT2D eigenvalue weighted by atomic mass is 10.1. The zero-order valence-electron chi connectivity index (χ0n) is 13.7. The van der Waals surface area contributed by atoms with Gasteiger partial charge in [-0.05, 0) is 48.9 Å². The molecule has 0 aromatic heterocycles. The molecular weight excluding hydrogens is 411 g/mol. The van der Waals surface area contributed by atoms with Gasteiger partial charge in [-0.2, -0.15) is 13.2 Å². The molecule has 0 atom stereocenters. The van der Waals surface area contributed by atoms with Crippen molar-refractivity contribution in [2.24, 2.45) is 0 Å². The Hall–Kier alpha value is -2.41. The van der Waals surface area contributed by atoms with Gasteiger partial charge in [-0.25, -0.2) is 0 Å². The highest BCUT2D eigenvalue weighted by Crippen LogP contribution is 2.29. The second-order valence-corrected chi connectivity index (χ2v) is 6.29. The van der Waals surface area contributed by atoms with Crippen LogP contribution in [-0.2, 0) is 6.18 Å². The van der Waals surface area contributed by atoms with E-state index in [0.29, 0.717) is 11.0 Å². The number of carbonyl (C=O) groups is 1. The molecule has 0 aliphatic rings. The molecule has 136 valence electrons. The van der Waals surface area contributed by atoms with Crippen LogP contribution in [0.5, 0.6) is 0 Å². The number of hydrogen-bond donors (Lipinski definition) is 1. The summed E-state index contributed by atoms with van der Waals surface area (Å²) in [6, 6.07) is 9.17. The molecule has 2 aromatic rings. The van der Waals surface area contributed by atoms with Gasteiger partial charge in [-0.1, -0.05) is 34.1 Å². The molecule has 0 amide bonds. The first-order valence-electron chi connectivity index (χ1n) is 7.69. The van der Waals surface area contributed by atoms with Gasteiger partial charge in [0.15, 0.2) is 5.78 Å². The average molecular weight is 426 g/mol. The lowest BCUT2D eigenvalue weighted by molar-refractivity contribution is -0.137. The second kappa shape index (κ2) is 8.31. The SMILES string of the molecule is CCNc1ccc(Br)cc(C(=O)C=Cc2cccc(C(F)(F)F)c2)c1=O. The molecule has 0 aliphatic carbocycles. The molecule has 0 radical (unpaired) electrons. The van der Waals surface area contributed by atoms with Crippen LogP contribution in [0.25, 0.3) is 6.08 Å². The number of benzene rings is 1. The summed E-state index contributed by atoms with van der Waals surface area (Å²) in [7, 11) is 0. The topological polar surface area (TPSA) is 46.2 Å². The van der Waals surface area contributed by atoms with E-state index in [9.17, 15) is 22.8 Å². The Bertz CT molecular complexity index is 908. The fourth-order valence-corrected chi connectivity index (χ4v) is 2.59. The van der Waals surface area contributed by atoms with E-state index in [0.717, 1.165) is 18.2 Å². The minimum atomic E-state index is -4.46. The second-order valence-electron chi connectivity index (χ2n) is 5.37. The van der Waals surface area contributed by atoms with Crippen molar-refractivity contribution < 1.29 is 18.0 Å². The van der Waals surface area contributed by atoms with Crippen LogP contribution in [-0.4, -0.2) is 12.3 Å². The molecule has 2 aromatic carbocycles. The Morgan fingerprint density at radius 1 is 1.19 bits per heavy atom. The molecule has 0 unspecified atom stereocenters.